The van der Waals surface area contributed by atoms with Gasteiger partial charge in [0.25, 0.3) is 0 Å². The third kappa shape index (κ3) is 2.63. The molecule has 1 atom stereocenters. The van der Waals surface area contributed by atoms with Gasteiger partial charge in [-0.2, -0.15) is 0 Å². The monoisotopic (exact) mass is 357 g/mol. The molecule has 1 aromatic carbocycles. The maximum atomic E-state index is 12.5. The Morgan fingerprint density at radius 1 is 1.35 bits per heavy atom. The number of benzene rings is 1. The minimum Gasteiger partial charge on any atom is -0.352 e. The summed E-state index contributed by atoms with van der Waals surface area (Å²) in [5.74, 6) is 0.229. The number of carbonyl (C=O) groups is 1. The summed E-state index contributed by atoms with van der Waals surface area (Å²) in [5, 5.41) is 2.92. The standard InChI is InChI=1S/C14H16BrNO3S/c15-11-3-1-2-10(8-11)14(5-6-14)13(17)16-12-4-7-20(18,19)9-12/h1-3,8,12H,4-7,9H2,(H,16,17). The van der Waals surface area contributed by atoms with Gasteiger partial charge in [0.1, 0.15) is 0 Å². The molecule has 1 aliphatic carbocycles. The molecule has 1 aromatic rings. The lowest BCUT2D eigenvalue weighted by Gasteiger charge is -2.19. The minimum absolute atomic E-state index is 0.0299. The van der Waals surface area contributed by atoms with E-state index in [4.69, 9.17) is 0 Å². The average Bonchev–Trinajstić information content (AvgIpc) is 3.11. The molecule has 20 heavy (non-hydrogen) atoms. The van der Waals surface area contributed by atoms with Gasteiger partial charge in [-0.3, -0.25) is 4.79 Å². The fraction of sp³-hybridized carbons (Fsp3) is 0.500. The number of sulfone groups is 1. The highest BCUT2D eigenvalue weighted by Crippen LogP contribution is 2.49. The topological polar surface area (TPSA) is 63.2 Å². The number of nitrogens with one attached hydrogen (secondary N) is 1. The van der Waals surface area contributed by atoms with Crippen molar-refractivity contribution in [1.82, 2.24) is 5.32 Å². The summed E-state index contributed by atoms with van der Waals surface area (Å²) in [6, 6.07) is 7.56. The molecule has 2 aliphatic rings. The van der Waals surface area contributed by atoms with Crippen molar-refractivity contribution in [3.8, 4) is 0 Å². The Bertz CT molecular complexity index is 652. The quantitative estimate of drug-likeness (QED) is 0.896. The number of amides is 1. The lowest BCUT2D eigenvalue weighted by molar-refractivity contribution is -0.124. The Balaban J connectivity index is 1.74. The van der Waals surface area contributed by atoms with Crippen LogP contribution in [0, 0.1) is 0 Å². The molecule has 0 bridgehead atoms. The van der Waals surface area contributed by atoms with Crippen molar-refractivity contribution in [2.24, 2.45) is 0 Å². The summed E-state index contributed by atoms with van der Waals surface area (Å²) >= 11 is 3.42. The van der Waals surface area contributed by atoms with Crippen molar-refractivity contribution in [3.05, 3.63) is 34.3 Å². The van der Waals surface area contributed by atoms with Crippen LogP contribution in [0.1, 0.15) is 24.8 Å². The van der Waals surface area contributed by atoms with Gasteiger partial charge in [-0.05, 0) is 37.0 Å². The van der Waals surface area contributed by atoms with Gasteiger partial charge in [-0.1, -0.05) is 28.1 Å². The van der Waals surface area contributed by atoms with Crippen LogP contribution in [0.5, 0.6) is 0 Å². The SMILES string of the molecule is O=C(NC1CCS(=O)(=O)C1)C1(c2cccc(Br)c2)CC1. The lowest BCUT2D eigenvalue weighted by Crippen LogP contribution is -2.42. The number of rotatable bonds is 3. The first-order valence-electron chi connectivity index (χ1n) is 6.69. The van der Waals surface area contributed by atoms with Gasteiger partial charge in [0.15, 0.2) is 9.84 Å². The highest BCUT2D eigenvalue weighted by atomic mass is 79.9. The summed E-state index contributed by atoms with van der Waals surface area (Å²) in [4.78, 5) is 12.5. The van der Waals surface area contributed by atoms with Crippen LogP contribution in [-0.2, 0) is 20.0 Å². The van der Waals surface area contributed by atoms with Crippen LogP contribution < -0.4 is 5.32 Å². The fourth-order valence-corrected chi connectivity index (χ4v) is 4.86. The number of carbonyl (C=O) groups excluding carboxylic acids is 1. The third-order valence-electron chi connectivity index (χ3n) is 4.13. The summed E-state index contributed by atoms with van der Waals surface area (Å²) < 4.78 is 23.8. The molecule has 0 radical (unpaired) electrons. The van der Waals surface area contributed by atoms with Crippen LogP contribution in [0.2, 0.25) is 0 Å². The van der Waals surface area contributed by atoms with E-state index in [9.17, 15) is 13.2 Å². The highest BCUT2D eigenvalue weighted by molar-refractivity contribution is 9.10. The molecule has 1 heterocycles. The zero-order valence-corrected chi connectivity index (χ0v) is 13.3. The van der Waals surface area contributed by atoms with Gasteiger partial charge in [0, 0.05) is 10.5 Å². The van der Waals surface area contributed by atoms with E-state index in [1.165, 1.54) is 0 Å². The molecular formula is C14H16BrNO3S. The Morgan fingerprint density at radius 2 is 2.10 bits per heavy atom. The van der Waals surface area contributed by atoms with E-state index >= 15 is 0 Å². The second-order valence-electron chi connectivity index (χ2n) is 5.67. The average molecular weight is 358 g/mol. The second kappa shape index (κ2) is 4.84. The Hall–Kier alpha value is -0.880. The predicted molar refractivity (Wildman–Crippen MR) is 80.3 cm³/mol. The molecule has 1 unspecified atom stereocenters. The lowest BCUT2D eigenvalue weighted by atomic mass is 9.94. The summed E-state index contributed by atoms with van der Waals surface area (Å²) in [5.41, 5.74) is 0.557. The maximum absolute atomic E-state index is 12.5. The molecule has 1 N–H and O–H groups in total. The van der Waals surface area contributed by atoms with Gasteiger partial charge < -0.3 is 5.32 Å². The first-order valence-corrected chi connectivity index (χ1v) is 9.30. The number of hydrogen-bond acceptors (Lipinski definition) is 3. The molecule has 3 rings (SSSR count). The number of halogens is 1. The van der Waals surface area contributed by atoms with Crippen LogP contribution >= 0.6 is 15.9 Å². The molecule has 1 aliphatic heterocycles. The smallest absolute Gasteiger partial charge is 0.230 e. The van der Waals surface area contributed by atoms with E-state index in [2.05, 4.69) is 21.2 Å². The summed E-state index contributed by atoms with van der Waals surface area (Å²) in [6.07, 6.45) is 2.19. The molecule has 2 fully saturated rings. The van der Waals surface area contributed by atoms with Crippen molar-refractivity contribution in [2.75, 3.05) is 11.5 Å². The molecule has 0 aromatic heterocycles. The third-order valence-corrected chi connectivity index (χ3v) is 6.39. The van der Waals surface area contributed by atoms with Gasteiger partial charge in [-0.25, -0.2) is 8.42 Å². The first-order chi connectivity index (χ1) is 9.41. The predicted octanol–water partition coefficient (Wildman–Crippen LogP) is 1.78. The van der Waals surface area contributed by atoms with Crippen molar-refractivity contribution in [2.45, 2.75) is 30.7 Å². The molecule has 4 nitrogen and oxygen atoms in total. The van der Waals surface area contributed by atoms with Gasteiger partial charge >= 0.3 is 0 Å². The molecule has 1 amide bonds. The zero-order chi connectivity index (χ0) is 14.4. The second-order valence-corrected chi connectivity index (χ2v) is 8.81. The van der Waals surface area contributed by atoms with E-state index in [0.717, 1.165) is 22.9 Å². The van der Waals surface area contributed by atoms with Gasteiger partial charge in [0.05, 0.1) is 16.9 Å². The first kappa shape index (κ1) is 14.1. The van der Waals surface area contributed by atoms with E-state index in [1.54, 1.807) is 0 Å². The minimum atomic E-state index is -2.96. The van der Waals surface area contributed by atoms with Gasteiger partial charge in [0.2, 0.25) is 5.91 Å². The van der Waals surface area contributed by atoms with Crippen LogP contribution in [0.3, 0.4) is 0 Å². The molecule has 108 valence electrons. The van der Waals surface area contributed by atoms with Crippen LogP contribution in [0.15, 0.2) is 28.7 Å². The summed E-state index contributed by atoms with van der Waals surface area (Å²) in [7, 11) is -2.96. The van der Waals surface area contributed by atoms with Gasteiger partial charge in [-0.15, -0.1) is 0 Å². The molecule has 1 saturated heterocycles. The maximum Gasteiger partial charge on any atom is 0.230 e. The Labute approximate surface area is 127 Å². The fourth-order valence-electron chi connectivity index (χ4n) is 2.79. The van der Waals surface area contributed by atoms with Crippen molar-refractivity contribution < 1.29 is 13.2 Å². The van der Waals surface area contributed by atoms with Crippen molar-refractivity contribution in [3.63, 3.8) is 0 Å². The number of hydrogen-bond donors (Lipinski definition) is 1. The van der Waals surface area contributed by atoms with Crippen LogP contribution in [0.4, 0.5) is 0 Å². The van der Waals surface area contributed by atoms with E-state index < -0.39 is 15.3 Å². The molecule has 6 heteroatoms. The van der Waals surface area contributed by atoms with Crippen LogP contribution in [-0.4, -0.2) is 31.9 Å². The molecular weight excluding hydrogens is 342 g/mol. The molecule has 1 saturated carbocycles. The van der Waals surface area contributed by atoms with E-state index in [1.807, 2.05) is 24.3 Å². The summed E-state index contributed by atoms with van der Waals surface area (Å²) in [6.45, 7) is 0. The van der Waals surface area contributed by atoms with Crippen molar-refractivity contribution >= 4 is 31.7 Å². The highest BCUT2D eigenvalue weighted by Gasteiger charge is 2.52. The Morgan fingerprint density at radius 3 is 2.65 bits per heavy atom. The van der Waals surface area contributed by atoms with Crippen molar-refractivity contribution in [1.29, 1.82) is 0 Å². The molecule has 0 spiro atoms. The van der Waals surface area contributed by atoms with E-state index in [0.29, 0.717) is 6.42 Å². The van der Waals surface area contributed by atoms with E-state index in [-0.39, 0.29) is 23.5 Å². The Kier molecular flexibility index (Phi) is 3.41. The van der Waals surface area contributed by atoms with Crippen LogP contribution in [0.25, 0.3) is 0 Å². The normalized spacial score (nSPS) is 26.1. The largest absolute Gasteiger partial charge is 0.352 e. The zero-order valence-electron chi connectivity index (χ0n) is 10.9.